The summed E-state index contributed by atoms with van der Waals surface area (Å²) >= 11 is 0. The molecule has 1 aromatic carbocycles. The quantitative estimate of drug-likeness (QED) is 0.401. The van der Waals surface area contributed by atoms with Crippen LogP contribution in [0.2, 0.25) is 0 Å². The Morgan fingerprint density at radius 2 is 2.11 bits per heavy atom. The van der Waals surface area contributed by atoms with Crippen LogP contribution in [0, 0.1) is 17.3 Å². The van der Waals surface area contributed by atoms with Gasteiger partial charge in [-0.05, 0) is 37.9 Å². The van der Waals surface area contributed by atoms with E-state index >= 15 is 0 Å². The molecule has 2 atom stereocenters. The summed E-state index contributed by atoms with van der Waals surface area (Å²) in [4.78, 5) is 12.8. The molecular formula is C18H23FN8O. The molecule has 1 saturated heterocycles. The first-order valence-corrected chi connectivity index (χ1v) is 9.14. The van der Waals surface area contributed by atoms with Crippen LogP contribution >= 0.6 is 0 Å². The lowest BCUT2D eigenvalue weighted by atomic mass is 10.0. The highest BCUT2D eigenvalue weighted by molar-refractivity contribution is 5.57. The molecule has 0 aliphatic carbocycles. The third kappa shape index (κ3) is 4.75. The summed E-state index contributed by atoms with van der Waals surface area (Å²) in [6.07, 6.45) is 4.90. The topological polar surface area (TPSA) is 120 Å². The van der Waals surface area contributed by atoms with Crippen LogP contribution in [0.4, 0.5) is 27.9 Å². The van der Waals surface area contributed by atoms with E-state index < -0.39 is 5.82 Å². The smallest absolute Gasteiger partial charge is 0.242 e. The molecule has 0 saturated carbocycles. The lowest BCUT2D eigenvalue weighted by Gasteiger charge is -2.23. The minimum Gasteiger partial charge on any atom is -0.494 e. The van der Waals surface area contributed by atoms with Gasteiger partial charge in [-0.25, -0.2) is 4.39 Å². The highest BCUT2D eigenvalue weighted by Crippen LogP contribution is 2.23. The summed E-state index contributed by atoms with van der Waals surface area (Å²) in [5.41, 5.74) is 0.447. The minimum absolute atomic E-state index is 0.103. The van der Waals surface area contributed by atoms with Crippen molar-refractivity contribution in [2.75, 3.05) is 29.6 Å². The number of ether oxygens (including phenoxy) is 1. The van der Waals surface area contributed by atoms with Crippen LogP contribution in [-0.2, 0) is 0 Å². The summed E-state index contributed by atoms with van der Waals surface area (Å²) in [5.74, 6) is 0.267. The van der Waals surface area contributed by atoms with Crippen LogP contribution in [0.3, 0.4) is 0 Å². The van der Waals surface area contributed by atoms with Gasteiger partial charge >= 0.3 is 0 Å². The summed E-state index contributed by atoms with van der Waals surface area (Å²) in [5, 5.41) is 21.0. The van der Waals surface area contributed by atoms with Crippen molar-refractivity contribution in [2.45, 2.75) is 38.3 Å². The second kappa shape index (κ2) is 9.14. The average Bonchev–Trinajstić information content (AvgIpc) is 3.21. The van der Waals surface area contributed by atoms with Crippen LogP contribution in [0.1, 0.15) is 26.2 Å². The third-order valence-electron chi connectivity index (χ3n) is 4.55. The van der Waals surface area contributed by atoms with Gasteiger partial charge in [0.25, 0.3) is 0 Å². The van der Waals surface area contributed by atoms with Crippen molar-refractivity contribution >= 4 is 23.5 Å². The Balaban J connectivity index is 1.82. The fraction of sp³-hybridized carbons (Fsp3) is 0.444. The highest BCUT2D eigenvalue weighted by atomic mass is 19.1. The molecule has 2 unspecified atom stereocenters. The van der Waals surface area contributed by atoms with E-state index in [1.807, 2.05) is 0 Å². The van der Waals surface area contributed by atoms with Crippen LogP contribution in [0.5, 0.6) is 5.75 Å². The van der Waals surface area contributed by atoms with Crippen molar-refractivity contribution in [2.24, 2.45) is 0 Å². The fourth-order valence-electron chi connectivity index (χ4n) is 3.18. The molecule has 3 rings (SSSR count). The van der Waals surface area contributed by atoms with Crippen molar-refractivity contribution in [3.63, 3.8) is 0 Å². The van der Waals surface area contributed by atoms with E-state index in [-0.39, 0.29) is 23.7 Å². The summed E-state index contributed by atoms with van der Waals surface area (Å²) in [6, 6.07) is 4.91. The molecular weight excluding hydrogens is 363 g/mol. The van der Waals surface area contributed by atoms with Crippen LogP contribution < -0.4 is 26.0 Å². The maximum atomic E-state index is 13.9. The second-order valence-corrected chi connectivity index (χ2v) is 6.38. The average molecular weight is 386 g/mol. The van der Waals surface area contributed by atoms with Gasteiger partial charge in [0, 0.05) is 23.8 Å². The number of benzene rings is 1. The maximum Gasteiger partial charge on any atom is 0.242 e. The summed E-state index contributed by atoms with van der Waals surface area (Å²) in [6.45, 7) is 3.09. The number of rotatable bonds is 8. The first kappa shape index (κ1) is 19.6. The highest BCUT2D eigenvalue weighted by Gasteiger charge is 2.24. The van der Waals surface area contributed by atoms with E-state index in [0.29, 0.717) is 17.7 Å². The van der Waals surface area contributed by atoms with Gasteiger partial charge in [-0.2, -0.15) is 20.2 Å². The first-order valence-electron chi connectivity index (χ1n) is 9.14. The maximum absolute atomic E-state index is 13.9. The van der Waals surface area contributed by atoms with Crippen molar-refractivity contribution in [3.8, 4) is 11.9 Å². The van der Waals surface area contributed by atoms with E-state index in [9.17, 15) is 4.39 Å². The molecule has 0 bridgehead atoms. The molecule has 1 aromatic heterocycles. The van der Waals surface area contributed by atoms with Gasteiger partial charge in [-0.1, -0.05) is 6.92 Å². The number of aromatic nitrogens is 3. The van der Waals surface area contributed by atoms with Gasteiger partial charge < -0.3 is 20.7 Å². The molecule has 10 heteroatoms. The number of nitriles is 1. The number of nitrogens with one attached hydrogen (secondary N) is 4. The van der Waals surface area contributed by atoms with E-state index in [0.717, 1.165) is 25.8 Å². The van der Waals surface area contributed by atoms with Gasteiger partial charge in [0.1, 0.15) is 0 Å². The van der Waals surface area contributed by atoms with Gasteiger partial charge in [0.2, 0.25) is 17.8 Å². The molecule has 0 spiro atoms. The van der Waals surface area contributed by atoms with Gasteiger partial charge in [-0.3, -0.25) is 5.32 Å². The van der Waals surface area contributed by atoms with Crippen LogP contribution in [-0.4, -0.2) is 40.7 Å². The number of nitrogens with zero attached hydrogens (tertiary/aromatic N) is 4. The number of hydrogen-bond acceptors (Lipinski definition) is 9. The Morgan fingerprint density at radius 3 is 2.75 bits per heavy atom. The third-order valence-corrected chi connectivity index (χ3v) is 4.55. The number of anilines is 4. The first-order chi connectivity index (χ1) is 13.6. The lowest BCUT2D eigenvalue weighted by Crippen LogP contribution is -2.40. The number of methoxy groups -OCH3 is 1. The molecule has 1 fully saturated rings. The van der Waals surface area contributed by atoms with Crippen molar-refractivity contribution in [1.82, 2.24) is 20.3 Å². The SMILES string of the molecule is CCC(Nc1nc(NC#N)nc(Nc2ccc(OC)c(F)c2)n1)C1CCCN1. The molecule has 1 aliphatic heterocycles. The normalized spacial score (nSPS) is 16.9. The van der Waals surface area contributed by atoms with Crippen LogP contribution in [0.15, 0.2) is 18.2 Å². The summed E-state index contributed by atoms with van der Waals surface area (Å²) in [7, 11) is 1.40. The van der Waals surface area contributed by atoms with Gasteiger partial charge in [0.05, 0.1) is 7.11 Å². The second-order valence-electron chi connectivity index (χ2n) is 6.38. The Labute approximate surface area is 162 Å². The zero-order valence-corrected chi connectivity index (χ0v) is 15.8. The van der Waals surface area contributed by atoms with E-state index in [1.54, 1.807) is 12.3 Å². The monoisotopic (exact) mass is 386 g/mol. The predicted octanol–water partition coefficient (Wildman–Crippen LogP) is 2.60. The molecule has 1 aliphatic rings. The largest absolute Gasteiger partial charge is 0.494 e. The standard InChI is InChI=1S/C18H23FN8O/c1-3-13(14-5-4-8-21-14)24-18-26-16(22-10-20)25-17(27-18)23-11-6-7-15(28-2)12(19)9-11/h6-7,9,13-14,21H,3-5,8H2,1-2H3,(H3,22,23,24,25,26,27). The Kier molecular flexibility index (Phi) is 6.39. The zero-order valence-electron chi connectivity index (χ0n) is 15.8. The molecule has 2 heterocycles. The molecule has 2 aromatic rings. The predicted molar refractivity (Wildman–Crippen MR) is 104 cm³/mol. The molecule has 0 radical (unpaired) electrons. The lowest BCUT2D eigenvalue weighted by molar-refractivity contribution is 0.386. The molecule has 4 N–H and O–H groups in total. The molecule has 9 nitrogen and oxygen atoms in total. The Morgan fingerprint density at radius 1 is 1.32 bits per heavy atom. The Bertz CT molecular complexity index is 850. The van der Waals surface area contributed by atoms with Crippen LogP contribution in [0.25, 0.3) is 0 Å². The van der Waals surface area contributed by atoms with E-state index in [1.165, 1.54) is 19.2 Å². The fourth-order valence-corrected chi connectivity index (χ4v) is 3.18. The van der Waals surface area contributed by atoms with Gasteiger partial charge in [-0.15, -0.1) is 0 Å². The summed E-state index contributed by atoms with van der Waals surface area (Å²) < 4.78 is 18.8. The number of halogens is 1. The van der Waals surface area contributed by atoms with Crippen molar-refractivity contribution < 1.29 is 9.13 Å². The van der Waals surface area contributed by atoms with Gasteiger partial charge in [0.15, 0.2) is 17.8 Å². The molecule has 28 heavy (non-hydrogen) atoms. The molecule has 148 valence electrons. The van der Waals surface area contributed by atoms with E-state index in [2.05, 4.69) is 43.1 Å². The number of hydrogen-bond donors (Lipinski definition) is 4. The minimum atomic E-state index is -0.506. The Hall–Kier alpha value is -3.19. The van der Waals surface area contributed by atoms with E-state index in [4.69, 9.17) is 10.00 Å². The van der Waals surface area contributed by atoms with Crippen molar-refractivity contribution in [3.05, 3.63) is 24.0 Å². The molecule has 0 amide bonds. The van der Waals surface area contributed by atoms with Crippen molar-refractivity contribution in [1.29, 1.82) is 5.26 Å². The zero-order chi connectivity index (χ0) is 19.9.